The molecule has 4 rings (SSSR count). The zero-order valence-electron chi connectivity index (χ0n) is 14.5. The third-order valence-electron chi connectivity index (χ3n) is 4.43. The van der Waals surface area contributed by atoms with E-state index in [0.717, 1.165) is 5.56 Å². The summed E-state index contributed by atoms with van der Waals surface area (Å²) < 4.78 is 16.2. The molecule has 2 aromatic rings. The summed E-state index contributed by atoms with van der Waals surface area (Å²) in [7, 11) is 0. The Balaban J connectivity index is 1.54. The Morgan fingerprint density at radius 1 is 1.18 bits per heavy atom. The van der Waals surface area contributed by atoms with Gasteiger partial charge in [-0.3, -0.25) is 4.79 Å². The highest BCUT2D eigenvalue weighted by molar-refractivity contribution is 7.99. The number of amides is 1. The van der Waals surface area contributed by atoms with Crippen LogP contribution in [0, 0.1) is 0 Å². The molecule has 0 bridgehead atoms. The van der Waals surface area contributed by atoms with Crippen LogP contribution in [0.1, 0.15) is 10.9 Å². The molecule has 0 aromatic heterocycles. The van der Waals surface area contributed by atoms with Gasteiger partial charge < -0.3 is 24.2 Å². The maximum absolute atomic E-state index is 12.9. The third-order valence-corrected chi connectivity index (χ3v) is 6.01. The van der Waals surface area contributed by atoms with Crippen LogP contribution in [0.5, 0.6) is 17.2 Å². The quantitative estimate of drug-likeness (QED) is 0.793. The third kappa shape index (κ3) is 3.70. The van der Waals surface area contributed by atoms with Gasteiger partial charge in [-0.15, -0.1) is 11.8 Å². The number of hydrogen-bond donors (Lipinski definition) is 1. The predicted molar refractivity (Wildman–Crippen MR) is 103 cm³/mol. The van der Waals surface area contributed by atoms with Crippen LogP contribution in [0.25, 0.3) is 0 Å². The normalized spacial score (nSPS) is 20.2. The minimum Gasteiger partial charge on any atom is -0.484 e. The number of halogens is 1. The fraction of sp³-hybridized carbons (Fsp3) is 0.263. The van der Waals surface area contributed by atoms with Crippen LogP contribution in [-0.2, 0) is 9.59 Å². The van der Waals surface area contributed by atoms with Crippen molar-refractivity contribution in [1.82, 2.24) is 4.90 Å². The van der Waals surface area contributed by atoms with E-state index < -0.39 is 23.3 Å². The summed E-state index contributed by atoms with van der Waals surface area (Å²) in [5, 5.41) is 9.67. The van der Waals surface area contributed by atoms with Crippen molar-refractivity contribution >= 4 is 35.2 Å². The predicted octanol–water partition coefficient (Wildman–Crippen LogP) is 3.17. The van der Waals surface area contributed by atoms with E-state index in [-0.39, 0.29) is 13.4 Å². The number of benzene rings is 2. The number of hydrogen-bond acceptors (Lipinski definition) is 6. The molecule has 0 radical (unpaired) electrons. The average molecular weight is 422 g/mol. The van der Waals surface area contributed by atoms with E-state index in [1.807, 2.05) is 6.07 Å². The van der Waals surface area contributed by atoms with Gasteiger partial charge in [0.2, 0.25) is 6.79 Å². The van der Waals surface area contributed by atoms with E-state index in [9.17, 15) is 14.7 Å². The van der Waals surface area contributed by atoms with Gasteiger partial charge in [0.05, 0.1) is 0 Å². The molecule has 28 heavy (non-hydrogen) atoms. The average Bonchev–Trinajstić information content (AvgIpc) is 3.33. The van der Waals surface area contributed by atoms with Crippen LogP contribution in [0.4, 0.5) is 0 Å². The monoisotopic (exact) mass is 421 g/mol. The second-order valence-corrected chi connectivity index (χ2v) is 7.75. The Bertz CT molecular complexity index is 906. The highest BCUT2D eigenvalue weighted by atomic mass is 35.5. The second-order valence-electron chi connectivity index (χ2n) is 6.20. The molecule has 0 aliphatic carbocycles. The van der Waals surface area contributed by atoms with E-state index in [1.165, 1.54) is 16.7 Å². The first-order valence-electron chi connectivity index (χ1n) is 8.46. The molecule has 1 saturated heterocycles. The Labute approximate surface area is 170 Å². The number of carbonyl (C=O) groups is 2. The van der Waals surface area contributed by atoms with Gasteiger partial charge in [0.25, 0.3) is 5.91 Å². The number of nitrogens with zero attached hydrogens (tertiary/aromatic N) is 1. The van der Waals surface area contributed by atoms with Gasteiger partial charge >= 0.3 is 5.97 Å². The van der Waals surface area contributed by atoms with Crippen LogP contribution in [0.15, 0.2) is 42.5 Å². The Morgan fingerprint density at radius 3 is 2.68 bits per heavy atom. The van der Waals surface area contributed by atoms with Crippen molar-refractivity contribution in [1.29, 1.82) is 0 Å². The van der Waals surface area contributed by atoms with Crippen molar-refractivity contribution in [3.63, 3.8) is 0 Å². The first kappa shape index (κ1) is 18.8. The maximum atomic E-state index is 12.9. The smallest absolute Gasteiger partial charge is 0.327 e. The molecule has 0 spiro atoms. The Kier molecular flexibility index (Phi) is 5.23. The van der Waals surface area contributed by atoms with Gasteiger partial charge in [0.1, 0.15) is 17.2 Å². The molecule has 146 valence electrons. The van der Waals surface area contributed by atoms with Gasteiger partial charge in [-0.2, -0.15) is 0 Å². The van der Waals surface area contributed by atoms with E-state index in [2.05, 4.69) is 0 Å². The highest BCUT2D eigenvalue weighted by Gasteiger charge is 2.42. The fourth-order valence-corrected chi connectivity index (χ4v) is 4.63. The molecule has 1 fully saturated rings. The molecule has 2 atom stereocenters. The number of carboxylic acid groups (broad SMARTS) is 1. The molecule has 2 aliphatic rings. The maximum Gasteiger partial charge on any atom is 0.327 e. The van der Waals surface area contributed by atoms with E-state index in [1.54, 1.807) is 36.4 Å². The van der Waals surface area contributed by atoms with Gasteiger partial charge in [0.15, 0.2) is 18.1 Å². The van der Waals surface area contributed by atoms with Gasteiger partial charge in [-0.25, -0.2) is 4.79 Å². The standard InChI is InChI=1S/C19H16ClNO6S/c20-12-2-4-13(5-3-12)25-8-17(22)21-14(19(23)24)9-28-18(21)11-1-6-15-16(7-11)27-10-26-15/h1-7,14,18H,8-10H2,(H,23,24). The summed E-state index contributed by atoms with van der Waals surface area (Å²) >= 11 is 7.23. The van der Waals surface area contributed by atoms with Crippen LogP contribution in [-0.4, -0.2) is 47.1 Å². The van der Waals surface area contributed by atoms with Crippen molar-refractivity contribution in [2.75, 3.05) is 19.2 Å². The molecule has 2 aromatic carbocycles. The number of carbonyl (C=O) groups excluding carboxylic acids is 1. The molecule has 2 heterocycles. The number of aliphatic carboxylic acids is 1. The van der Waals surface area contributed by atoms with Crippen molar-refractivity contribution in [3.05, 3.63) is 53.1 Å². The number of thioether (sulfide) groups is 1. The molecule has 7 nitrogen and oxygen atoms in total. The summed E-state index contributed by atoms with van der Waals surface area (Å²) in [6.45, 7) is -0.126. The lowest BCUT2D eigenvalue weighted by Gasteiger charge is -2.27. The minimum absolute atomic E-state index is 0.145. The van der Waals surface area contributed by atoms with Gasteiger partial charge in [-0.1, -0.05) is 17.7 Å². The molecule has 2 unspecified atom stereocenters. The van der Waals surface area contributed by atoms with Crippen molar-refractivity contribution in [2.45, 2.75) is 11.4 Å². The van der Waals surface area contributed by atoms with Crippen LogP contribution >= 0.6 is 23.4 Å². The molecule has 1 amide bonds. The lowest BCUT2D eigenvalue weighted by molar-refractivity contribution is -0.150. The first-order valence-corrected chi connectivity index (χ1v) is 9.89. The van der Waals surface area contributed by atoms with Crippen molar-refractivity contribution < 1.29 is 28.9 Å². The number of fused-ring (bicyclic) bond motifs is 1. The second kappa shape index (κ2) is 7.81. The first-order chi connectivity index (χ1) is 13.5. The largest absolute Gasteiger partial charge is 0.484 e. The molecule has 9 heteroatoms. The SMILES string of the molecule is O=C(O)C1CSC(c2ccc3c(c2)OCO3)N1C(=O)COc1ccc(Cl)cc1. The van der Waals surface area contributed by atoms with Crippen molar-refractivity contribution in [2.24, 2.45) is 0 Å². The Morgan fingerprint density at radius 2 is 1.93 bits per heavy atom. The molecular formula is C19H16ClNO6S. The van der Waals surface area contributed by atoms with E-state index in [0.29, 0.717) is 28.0 Å². The molecule has 2 aliphatic heterocycles. The zero-order chi connectivity index (χ0) is 19.7. The summed E-state index contributed by atoms with van der Waals surface area (Å²) in [5.41, 5.74) is 0.776. The topological polar surface area (TPSA) is 85.3 Å². The molecule has 1 N–H and O–H groups in total. The van der Waals surface area contributed by atoms with E-state index in [4.69, 9.17) is 25.8 Å². The Hall–Kier alpha value is -2.58. The lowest BCUT2D eigenvalue weighted by atomic mass is 10.1. The highest BCUT2D eigenvalue weighted by Crippen LogP contribution is 2.44. The lowest BCUT2D eigenvalue weighted by Crippen LogP contribution is -2.45. The summed E-state index contributed by atoms with van der Waals surface area (Å²) in [6.07, 6.45) is 0. The van der Waals surface area contributed by atoms with Crippen LogP contribution in [0.3, 0.4) is 0 Å². The van der Waals surface area contributed by atoms with Gasteiger partial charge in [-0.05, 0) is 42.0 Å². The number of ether oxygens (including phenoxy) is 3. The molecule has 0 saturated carbocycles. The fourth-order valence-electron chi connectivity index (χ4n) is 3.08. The van der Waals surface area contributed by atoms with E-state index >= 15 is 0 Å². The summed E-state index contributed by atoms with van der Waals surface area (Å²) in [4.78, 5) is 25.9. The van der Waals surface area contributed by atoms with Crippen molar-refractivity contribution in [3.8, 4) is 17.2 Å². The summed E-state index contributed by atoms with van der Waals surface area (Å²) in [5.74, 6) is 0.537. The minimum atomic E-state index is -1.05. The number of rotatable bonds is 5. The molecular weight excluding hydrogens is 406 g/mol. The van der Waals surface area contributed by atoms with Crippen LogP contribution < -0.4 is 14.2 Å². The van der Waals surface area contributed by atoms with Gasteiger partial charge in [0, 0.05) is 10.8 Å². The summed E-state index contributed by atoms with van der Waals surface area (Å²) in [6, 6.07) is 11.0. The zero-order valence-corrected chi connectivity index (χ0v) is 16.1. The number of carboxylic acids is 1. The van der Waals surface area contributed by atoms with Crippen LogP contribution in [0.2, 0.25) is 5.02 Å².